The lowest BCUT2D eigenvalue weighted by Crippen LogP contribution is -2.24. The van der Waals surface area contributed by atoms with Crippen LogP contribution in [-0.2, 0) is 16.4 Å². The summed E-state index contributed by atoms with van der Waals surface area (Å²) in [6.45, 7) is 5.13. The zero-order chi connectivity index (χ0) is 16.2. The lowest BCUT2D eigenvalue weighted by Gasteiger charge is -2.14. The van der Waals surface area contributed by atoms with Crippen molar-refractivity contribution in [1.82, 2.24) is 5.32 Å². The van der Waals surface area contributed by atoms with Crippen LogP contribution >= 0.6 is 0 Å². The maximum absolute atomic E-state index is 11.5. The van der Waals surface area contributed by atoms with Gasteiger partial charge in [-0.2, -0.15) is 0 Å². The van der Waals surface area contributed by atoms with Crippen LogP contribution in [-0.4, -0.2) is 20.7 Å². The molecule has 3 nitrogen and oxygen atoms in total. The molecule has 0 aliphatic heterocycles. The average Bonchev–Trinajstić information content (AvgIpc) is 2.52. The highest BCUT2D eigenvalue weighted by molar-refractivity contribution is 7.90. The molecule has 0 aliphatic carbocycles. The number of benzene rings is 2. The maximum Gasteiger partial charge on any atom is 0.175 e. The number of nitrogens with one attached hydrogen (secondary N) is 1. The van der Waals surface area contributed by atoms with Crippen molar-refractivity contribution in [3.05, 3.63) is 54.1 Å². The second-order valence-electron chi connectivity index (χ2n) is 5.64. The van der Waals surface area contributed by atoms with Gasteiger partial charge in [0.15, 0.2) is 9.84 Å². The third-order valence-corrected chi connectivity index (χ3v) is 4.99. The summed E-state index contributed by atoms with van der Waals surface area (Å²) in [5.41, 5.74) is 3.39. The zero-order valence-electron chi connectivity index (χ0n) is 13.3. The first-order valence-corrected chi connectivity index (χ1v) is 9.42. The molecule has 0 bridgehead atoms. The molecule has 0 radical (unpaired) electrons. The number of sulfone groups is 1. The van der Waals surface area contributed by atoms with E-state index in [2.05, 4.69) is 31.3 Å². The predicted octanol–water partition coefficient (Wildman–Crippen LogP) is 3.65. The molecule has 0 amide bonds. The predicted molar refractivity (Wildman–Crippen MR) is 91.6 cm³/mol. The molecule has 1 N–H and O–H groups in total. The molecule has 0 heterocycles. The van der Waals surface area contributed by atoms with E-state index in [1.165, 1.54) is 11.8 Å². The van der Waals surface area contributed by atoms with Gasteiger partial charge in [-0.05, 0) is 42.2 Å². The molecule has 22 heavy (non-hydrogen) atoms. The molecule has 1 unspecified atom stereocenters. The molecule has 118 valence electrons. The molecule has 0 saturated heterocycles. The van der Waals surface area contributed by atoms with Crippen molar-refractivity contribution in [1.29, 1.82) is 0 Å². The summed E-state index contributed by atoms with van der Waals surface area (Å²) in [6.07, 6.45) is 2.32. The van der Waals surface area contributed by atoms with E-state index in [9.17, 15) is 8.42 Å². The van der Waals surface area contributed by atoms with Gasteiger partial charge in [-0.3, -0.25) is 0 Å². The Morgan fingerprint density at radius 2 is 1.68 bits per heavy atom. The second kappa shape index (κ2) is 7.07. The number of rotatable bonds is 6. The van der Waals surface area contributed by atoms with Gasteiger partial charge < -0.3 is 5.32 Å². The molecular weight excluding hydrogens is 294 g/mol. The maximum atomic E-state index is 11.5. The quantitative estimate of drug-likeness (QED) is 0.884. The molecule has 0 spiro atoms. The van der Waals surface area contributed by atoms with Crippen LogP contribution in [0.5, 0.6) is 0 Å². The summed E-state index contributed by atoms with van der Waals surface area (Å²) in [7, 11) is -3.15. The van der Waals surface area contributed by atoms with E-state index in [0.717, 1.165) is 24.1 Å². The van der Waals surface area contributed by atoms with Gasteiger partial charge in [0.2, 0.25) is 0 Å². The first-order valence-electron chi connectivity index (χ1n) is 7.53. The molecule has 2 rings (SSSR count). The van der Waals surface area contributed by atoms with E-state index in [-0.39, 0.29) is 0 Å². The van der Waals surface area contributed by atoms with Crippen LogP contribution in [0.3, 0.4) is 0 Å². The average molecular weight is 317 g/mol. The fourth-order valence-electron chi connectivity index (χ4n) is 2.27. The van der Waals surface area contributed by atoms with Crippen molar-refractivity contribution in [3.63, 3.8) is 0 Å². The SMILES string of the molecule is CCC(C)NCc1ccccc1-c1ccc(S(C)(=O)=O)cc1. The minimum absolute atomic E-state index is 0.353. The lowest BCUT2D eigenvalue weighted by molar-refractivity contribution is 0.534. The zero-order valence-corrected chi connectivity index (χ0v) is 14.2. The molecule has 2 aromatic carbocycles. The summed E-state index contributed by atoms with van der Waals surface area (Å²) in [4.78, 5) is 0.353. The van der Waals surface area contributed by atoms with Gasteiger partial charge in [-0.1, -0.05) is 43.3 Å². The fourth-order valence-corrected chi connectivity index (χ4v) is 2.90. The van der Waals surface area contributed by atoms with E-state index in [0.29, 0.717) is 10.9 Å². The van der Waals surface area contributed by atoms with Gasteiger partial charge in [0.25, 0.3) is 0 Å². The Bertz CT molecular complexity index is 721. The van der Waals surface area contributed by atoms with Crippen molar-refractivity contribution in [3.8, 4) is 11.1 Å². The molecule has 1 atom stereocenters. The highest BCUT2D eigenvalue weighted by Crippen LogP contribution is 2.25. The van der Waals surface area contributed by atoms with E-state index in [1.54, 1.807) is 12.1 Å². The third kappa shape index (κ3) is 4.18. The molecular formula is C18H23NO2S. The molecule has 0 aromatic heterocycles. The molecule has 0 fully saturated rings. The highest BCUT2D eigenvalue weighted by atomic mass is 32.2. The van der Waals surface area contributed by atoms with Crippen LogP contribution in [0, 0.1) is 0 Å². The van der Waals surface area contributed by atoms with Gasteiger partial charge in [-0.15, -0.1) is 0 Å². The first-order chi connectivity index (χ1) is 10.4. The van der Waals surface area contributed by atoms with Crippen molar-refractivity contribution < 1.29 is 8.42 Å². The van der Waals surface area contributed by atoms with Crippen LogP contribution in [0.4, 0.5) is 0 Å². The first kappa shape index (κ1) is 16.7. The Balaban J connectivity index is 2.29. The van der Waals surface area contributed by atoms with Crippen molar-refractivity contribution in [2.75, 3.05) is 6.26 Å². The normalized spacial score (nSPS) is 13.0. The van der Waals surface area contributed by atoms with Gasteiger partial charge in [0.1, 0.15) is 0 Å². The van der Waals surface area contributed by atoms with Gasteiger partial charge in [0, 0.05) is 18.8 Å². The molecule has 0 aliphatic rings. The molecule has 0 saturated carbocycles. The summed E-state index contributed by atoms with van der Waals surface area (Å²) in [6, 6.07) is 15.8. The Morgan fingerprint density at radius 3 is 2.27 bits per heavy atom. The smallest absolute Gasteiger partial charge is 0.175 e. The van der Waals surface area contributed by atoms with E-state index in [1.807, 2.05) is 24.3 Å². The van der Waals surface area contributed by atoms with Crippen LogP contribution < -0.4 is 5.32 Å². The number of hydrogen-bond donors (Lipinski definition) is 1. The van der Waals surface area contributed by atoms with Crippen molar-refractivity contribution >= 4 is 9.84 Å². The molecule has 2 aromatic rings. The topological polar surface area (TPSA) is 46.2 Å². The van der Waals surface area contributed by atoms with E-state index in [4.69, 9.17) is 0 Å². The monoisotopic (exact) mass is 317 g/mol. The van der Waals surface area contributed by atoms with Crippen LogP contribution in [0.15, 0.2) is 53.4 Å². The Morgan fingerprint density at radius 1 is 1.05 bits per heavy atom. The van der Waals surface area contributed by atoms with Crippen LogP contribution in [0.1, 0.15) is 25.8 Å². The van der Waals surface area contributed by atoms with Crippen LogP contribution in [0.25, 0.3) is 11.1 Å². The van der Waals surface area contributed by atoms with Gasteiger partial charge in [-0.25, -0.2) is 8.42 Å². The summed E-state index contributed by atoms with van der Waals surface area (Å²) in [5, 5.41) is 3.50. The summed E-state index contributed by atoms with van der Waals surface area (Å²) < 4.78 is 23.1. The standard InChI is InChI=1S/C18H23NO2S/c1-4-14(2)19-13-16-7-5-6-8-18(16)15-9-11-17(12-10-15)22(3,20)21/h5-12,14,19H,4,13H2,1-3H3. The number of hydrogen-bond acceptors (Lipinski definition) is 3. The summed E-state index contributed by atoms with van der Waals surface area (Å²) in [5.74, 6) is 0. The Kier molecular flexibility index (Phi) is 5.37. The fraction of sp³-hybridized carbons (Fsp3) is 0.333. The lowest BCUT2D eigenvalue weighted by atomic mass is 9.99. The molecule has 4 heteroatoms. The summed E-state index contributed by atoms with van der Waals surface area (Å²) >= 11 is 0. The Labute approximate surface area is 133 Å². The minimum atomic E-state index is -3.15. The third-order valence-electron chi connectivity index (χ3n) is 3.86. The van der Waals surface area contributed by atoms with Crippen molar-refractivity contribution in [2.45, 2.75) is 37.8 Å². The van der Waals surface area contributed by atoms with Gasteiger partial charge in [0.05, 0.1) is 4.90 Å². The largest absolute Gasteiger partial charge is 0.310 e. The van der Waals surface area contributed by atoms with Crippen molar-refractivity contribution in [2.24, 2.45) is 0 Å². The van der Waals surface area contributed by atoms with E-state index >= 15 is 0 Å². The van der Waals surface area contributed by atoms with Gasteiger partial charge >= 0.3 is 0 Å². The Hall–Kier alpha value is -1.65. The minimum Gasteiger partial charge on any atom is -0.310 e. The van der Waals surface area contributed by atoms with Crippen LogP contribution in [0.2, 0.25) is 0 Å². The van der Waals surface area contributed by atoms with E-state index < -0.39 is 9.84 Å². The highest BCUT2D eigenvalue weighted by Gasteiger charge is 2.09. The second-order valence-corrected chi connectivity index (χ2v) is 7.66.